The van der Waals surface area contributed by atoms with Crippen LogP contribution in [0.1, 0.15) is 0 Å². The van der Waals surface area contributed by atoms with Crippen LogP contribution in [0.4, 0.5) is 0 Å². The highest BCUT2D eigenvalue weighted by Gasteiger charge is 2.28. The molecule has 6 aromatic heterocycles. The molecule has 0 atom stereocenters. The minimum atomic E-state index is 0.789. The van der Waals surface area contributed by atoms with Crippen LogP contribution in [0, 0.1) is 0 Å². The fourth-order valence-electron chi connectivity index (χ4n) is 11.7. The van der Waals surface area contributed by atoms with E-state index in [1.807, 2.05) is 0 Å². The second kappa shape index (κ2) is 13.2. The standard InChI is InChI=1S/C61H36N6O/c1-8-24-46-38(17-1)39-18-2-9-25-47(39)63(46)37-35-44-58-55(67-54-32-16-15-31-53(54)66-52-30-14-7-23-45(52)62-61(66)67)33-34-56(64-48-26-10-3-19-40(48)41-20-4-11-27-49(41)64)60(58)68-59(44)57(36-37)65-50-28-12-5-21-42(50)43-22-6-13-29-51(43)65/h1-36H. The molecule has 0 spiro atoms. The summed E-state index contributed by atoms with van der Waals surface area (Å²) in [5.74, 6) is 0.842. The number of hydrogen-bond donors (Lipinski definition) is 0. The monoisotopic (exact) mass is 868 g/mol. The first-order valence-electron chi connectivity index (χ1n) is 23.1. The van der Waals surface area contributed by atoms with Gasteiger partial charge in [0.05, 0.1) is 77.6 Å². The quantitative estimate of drug-likeness (QED) is 0.177. The molecule has 68 heavy (non-hydrogen) atoms. The second-order valence-electron chi connectivity index (χ2n) is 17.9. The Labute approximate surface area is 386 Å². The van der Waals surface area contributed by atoms with Crippen LogP contribution in [0.25, 0.3) is 138 Å². The molecule has 0 unspecified atom stereocenters. The molecule has 7 heteroatoms. The zero-order chi connectivity index (χ0) is 44.2. The van der Waals surface area contributed by atoms with Crippen molar-refractivity contribution in [3.05, 3.63) is 218 Å². The number of para-hydroxylation sites is 10. The SMILES string of the molecule is c1ccc2c(c1)nc1n(-c3ccc(-n4c5ccccc5c5ccccc54)c4oc5c(-n6c7ccccc7c7ccccc76)cc(-n6c7ccccc7c7ccccc76)cc5c34)c3ccccc3n21. The summed E-state index contributed by atoms with van der Waals surface area (Å²) in [6.07, 6.45) is 0. The first-order valence-corrected chi connectivity index (χ1v) is 23.1. The molecule has 16 aromatic rings. The molecule has 0 amide bonds. The van der Waals surface area contributed by atoms with Gasteiger partial charge in [0.2, 0.25) is 5.78 Å². The number of fused-ring (bicyclic) bond motifs is 17. The molecule has 10 aromatic carbocycles. The Bertz CT molecular complexity index is 4660. The lowest BCUT2D eigenvalue weighted by Gasteiger charge is -2.14. The first kappa shape index (κ1) is 36.0. The van der Waals surface area contributed by atoms with Crippen molar-refractivity contribution in [2.24, 2.45) is 0 Å². The number of nitrogens with zero attached hydrogens (tertiary/aromatic N) is 6. The van der Waals surface area contributed by atoms with Crippen molar-refractivity contribution >= 4 is 115 Å². The van der Waals surface area contributed by atoms with E-state index < -0.39 is 0 Å². The predicted molar refractivity (Wildman–Crippen MR) is 280 cm³/mol. The summed E-state index contributed by atoms with van der Waals surface area (Å²) in [4.78, 5) is 5.39. The van der Waals surface area contributed by atoms with Gasteiger partial charge in [-0.25, -0.2) is 4.98 Å². The molecule has 0 aliphatic rings. The molecule has 0 bridgehead atoms. The fraction of sp³-hybridized carbons (Fsp3) is 0. The highest BCUT2D eigenvalue weighted by atomic mass is 16.3. The van der Waals surface area contributed by atoms with Gasteiger partial charge in [-0.05, 0) is 84.9 Å². The van der Waals surface area contributed by atoms with Gasteiger partial charge in [-0.3, -0.25) is 8.97 Å². The van der Waals surface area contributed by atoms with Crippen LogP contribution in [-0.2, 0) is 0 Å². The number of aromatic nitrogens is 6. The summed E-state index contributed by atoms with van der Waals surface area (Å²) in [5, 5.41) is 9.18. The maximum atomic E-state index is 7.74. The van der Waals surface area contributed by atoms with E-state index >= 15 is 0 Å². The van der Waals surface area contributed by atoms with Gasteiger partial charge in [-0.2, -0.15) is 0 Å². The molecule has 0 N–H and O–H groups in total. The van der Waals surface area contributed by atoms with Crippen molar-refractivity contribution in [3.63, 3.8) is 0 Å². The van der Waals surface area contributed by atoms with Crippen LogP contribution < -0.4 is 0 Å². The smallest absolute Gasteiger partial charge is 0.220 e. The van der Waals surface area contributed by atoms with Gasteiger partial charge in [0.1, 0.15) is 0 Å². The van der Waals surface area contributed by atoms with Gasteiger partial charge in [0.15, 0.2) is 11.2 Å². The Hall–Kier alpha value is -9.33. The fourth-order valence-corrected chi connectivity index (χ4v) is 11.7. The summed E-state index contributed by atoms with van der Waals surface area (Å²) in [6, 6.07) is 78.7. The Morgan fingerprint density at radius 3 is 1.24 bits per heavy atom. The average molecular weight is 869 g/mol. The molecule has 0 radical (unpaired) electrons. The van der Waals surface area contributed by atoms with Gasteiger partial charge in [0.25, 0.3) is 0 Å². The highest BCUT2D eigenvalue weighted by molar-refractivity contribution is 6.19. The summed E-state index contributed by atoms with van der Waals surface area (Å²) in [6.45, 7) is 0. The average Bonchev–Trinajstić information content (AvgIpc) is 4.24. The second-order valence-corrected chi connectivity index (χ2v) is 17.9. The van der Waals surface area contributed by atoms with Crippen LogP contribution in [0.15, 0.2) is 223 Å². The predicted octanol–water partition coefficient (Wildman–Crippen LogP) is 15.6. The molecular formula is C61H36N6O. The first-order chi connectivity index (χ1) is 33.8. The lowest BCUT2D eigenvalue weighted by Crippen LogP contribution is -2.01. The summed E-state index contributed by atoms with van der Waals surface area (Å²) in [7, 11) is 0. The van der Waals surface area contributed by atoms with E-state index in [4.69, 9.17) is 9.40 Å². The van der Waals surface area contributed by atoms with E-state index in [1.165, 1.54) is 32.3 Å². The van der Waals surface area contributed by atoms with E-state index in [9.17, 15) is 0 Å². The lowest BCUT2D eigenvalue weighted by molar-refractivity contribution is 0.663. The lowest BCUT2D eigenvalue weighted by atomic mass is 10.1. The summed E-state index contributed by atoms with van der Waals surface area (Å²) >= 11 is 0. The van der Waals surface area contributed by atoms with Crippen molar-refractivity contribution in [1.82, 2.24) is 27.7 Å². The van der Waals surface area contributed by atoms with Crippen molar-refractivity contribution in [2.75, 3.05) is 0 Å². The zero-order valence-corrected chi connectivity index (χ0v) is 36.4. The van der Waals surface area contributed by atoms with E-state index in [-0.39, 0.29) is 0 Å². The normalized spacial score (nSPS) is 12.4. The minimum Gasteiger partial charge on any atom is -0.452 e. The Morgan fingerprint density at radius 1 is 0.294 bits per heavy atom. The van der Waals surface area contributed by atoms with Crippen molar-refractivity contribution in [3.8, 4) is 22.7 Å². The molecule has 0 fully saturated rings. The third-order valence-corrected chi connectivity index (χ3v) is 14.5. The van der Waals surface area contributed by atoms with Crippen molar-refractivity contribution < 1.29 is 4.42 Å². The number of furan rings is 1. The van der Waals surface area contributed by atoms with E-state index in [0.717, 1.165) is 106 Å². The summed E-state index contributed by atoms with van der Waals surface area (Å²) in [5.41, 5.74) is 16.4. The van der Waals surface area contributed by atoms with E-state index in [1.54, 1.807) is 0 Å². The van der Waals surface area contributed by atoms with Crippen molar-refractivity contribution in [1.29, 1.82) is 0 Å². The number of imidazole rings is 2. The largest absolute Gasteiger partial charge is 0.452 e. The van der Waals surface area contributed by atoms with E-state index in [2.05, 4.69) is 241 Å². The Morgan fingerprint density at radius 2 is 0.706 bits per heavy atom. The molecule has 0 aliphatic carbocycles. The van der Waals surface area contributed by atoms with Crippen LogP contribution in [0.5, 0.6) is 0 Å². The van der Waals surface area contributed by atoms with Crippen molar-refractivity contribution in [2.45, 2.75) is 0 Å². The molecule has 0 aliphatic heterocycles. The van der Waals surface area contributed by atoms with Gasteiger partial charge < -0.3 is 18.1 Å². The third kappa shape index (κ3) is 4.59. The van der Waals surface area contributed by atoms with Crippen LogP contribution in [-0.4, -0.2) is 27.7 Å². The highest BCUT2D eigenvalue weighted by Crippen LogP contribution is 2.46. The molecule has 0 saturated heterocycles. The Balaban J connectivity index is 1.15. The topological polar surface area (TPSA) is 50.2 Å². The van der Waals surface area contributed by atoms with Crippen LogP contribution in [0.3, 0.4) is 0 Å². The van der Waals surface area contributed by atoms with Crippen LogP contribution >= 0.6 is 0 Å². The van der Waals surface area contributed by atoms with Gasteiger partial charge in [-0.15, -0.1) is 0 Å². The molecular weight excluding hydrogens is 833 g/mol. The zero-order valence-electron chi connectivity index (χ0n) is 36.4. The van der Waals surface area contributed by atoms with Gasteiger partial charge in [0, 0.05) is 43.4 Å². The summed E-state index contributed by atoms with van der Waals surface area (Å²) < 4.78 is 19.6. The number of benzene rings is 10. The number of hydrogen-bond acceptors (Lipinski definition) is 2. The maximum Gasteiger partial charge on any atom is 0.220 e. The number of rotatable bonds is 4. The molecule has 7 nitrogen and oxygen atoms in total. The van der Waals surface area contributed by atoms with Gasteiger partial charge >= 0.3 is 0 Å². The maximum absolute atomic E-state index is 7.74. The van der Waals surface area contributed by atoms with Gasteiger partial charge in [-0.1, -0.05) is 133 Å². The Kier molecular flexibility index (Phi) is 6.95. The van der Waals surface area contributed by atoms with E-state index in [0.29, 0.717) is 0 Å². The molecule has 16 rings (SSSR count). The minimum absolute atomic E-state index is 0.789. The molecule has 0 saturated carbocycles. The third-order valence-electron chi connectivity index (χ3n) is 14.5. The molecule has 6 heterocycles. The van der Waals surface area contributed by atoms with Crippen LogP contribution in [0.2, 0.25) is 0 Å². The molecule has 316 valence electrons.